The minimum atomic E-state index is -0.762. The van der Waals surface area contributed by atoms with Gasteiger partial charge < -0.3 is 9.64 Å². The van der Waals surface area contributed by atoms with E-state index in [9.17, 15) is 9.59 Å². The van der Waals surface area contributed by atoms with Gasteiger partial charge in [-0.15, -0.1) is 11.8 Å². The summed E-state index contributed by atoms with van der Waals surface area (Å²) in [6.45, 7) is 1.78. The SMILES string of the molecule is C[C@H](C#N)OC(=O)CCN1C(=O)CSc2ccccc21. The summed E-state index contributed by atoms with van der Waals surface area (Å²) in [4.78, 5) is 26.1. The number of benzene rings is 1. The Morgan fingerprint density at radius 3 is 3.05 bits per heavy atom. The molecule has 1 aliphatic rings. The van der Waals surface area contributed by atoms with E-state index < -0.39 is 12.1 Å². The third-order valence-corrected chi connectivity index (χ3v) is 3.89. The number of thioether (sulfide) groups is 1. The van der Waals surface area contributed by atoms with Crippen LogP contribution in [0.5, 0.6) is 0 Å². The number of carbonyl (C=O) groups excluding carboxylic acids is 2. The molecule has 0 spiro atoms. The van der Waals surface area contributed by atoms with Gasteiger partial charge in [-0.25, -0.2) is 0 Å². The molecule has 1 heterocycles. The third-order valence-electron chi connectivity index (χ3n) is 2.84. The number of hydrogen-bond donors (Lipinski definition) is 0. The summed E-state index contributed by atoms with van der Waals surface area (Å²) >= 11 is 1.50. The Kier molecular flexibility index (Phi) is 4.64. The quantitative estimate of drug-likeness (QED) is 0.793. The average molecular weight is 290 g/mol. The van der Waals surface area contributed by atoms with Crippen LogP contribution in [0.3, 0.4) is 0 Å². The summed E-state index contributed by atoms with van der Waals surface area (Å²) in [5.41, 5.74) is 0.829. The molecule has 0 aliphatic carbocycles. The van der Waals surface area contributed by atoms with Crippen LogP contribution in [0.25, 0.3) is 0 Å². The zero-order valence-electron chi connectivity index (χ0n) is 11.0. The van der Waals surface area contributed by atoms with Crippen LogP contribution in [0.15, 0.2) is 29.2 Å². The molecule has 0 N–H and O–H groups in total. The fourth-order valence-corrected chi connectivity index (χ4v) is 2.82. The second kappa shape index (κ2) is 6.44. The van der Waals surface area contributed by atoms with E-state index >= 15 is 0 Å². The first-order chi connectivity index (χ1) is 9.61. The number of esters is 1. The molecule has 0 aromatic heterocycles. The van der Waals surface area contributed by atoms with Crippen molar-refractivity contribution < 1.29 is 14.3 Å². The van der Waals surface area contributed by atoms with E-state index in [-0.39, 0.29) is 18.9 Å². The highest BCUT2D eigenvalue weighted by molar-refractivity contribution is 8.00. The van der Waals surface area contributed by atoms with Crippen molar-refractivity contribution in [3.8, 4) is 6.07 Å². The molecule has 1 aromatic rings. The van der Waals surface area contributed by atoms with Crippen molar-refractivity contribution in [1.82, 2.24) is 0 Å². The molecule has 0 fully saturated rings. The summed E-state index contributed by atoms with van der Waals surface area (Å²) in [5.74, 6) is -0.113. The fourth-order valence-electron chi connectivity index (χ4n) is 1.88. The number of nitriles is 1. The fraction of sp³-hybridized carbons (Fsp3) is 0.357. The van der Waals surface area contributed by atoms with Crippen LogP contribution in [-0.2, 0) is 14.3 Å². The molecule has 1 aliphatic heterocycles. The van der Waals surface area contributed by atoms with Crippen LogP contribution in [0, 0.1) is 11.3 Å². The summed E-state index contributed by atoms with van der Waals surface area (Å²) in [6.07, 6.45) is -0.682. The lowest BCUT2D eigenvalue weighted by Crippen LogP contribution is -2.37. The number of carbonyl (C=O) groups is 2. The minimum absolute atomic E-state index is 0.0187. The van der Waals surface area contributed by atoms with Gasteiger partial charge in [0.1, 0.15) is 6.07 Å². The largest absolute Gasteiger partial charge is 0.447 e. The molecule has 20 heavy (non-hydrogen) atoms. The van der Waals surface area contributed by atoms with Gasteiger partial charge in [0.05, 0.1) is 17.9 Å². The van der Waals surface area contributed by atoms with Gasteiger partial charge in [-0.3, -0.25) is 9.59 Å². The predicted octanol–water partition coefficient (Wildman–Crippen LogP) is 1.97. The maximum absolute atomic E-state index is 11.9. The lowest BCUT2D eigenvalue weighted by molar-refractivity contribution is -0.145. The van der Waals surface area contributed by atoms with Crippen molar-refractivity contribution in [2.24, 2.45) is 0 Å². The number of fused-ring (bicyclic) bond motifs is 1. The van der Waals surface area contributed by atoms with Crippen LogP contribution in [0.4, 0.5) is 5.69 Å². The zero-order valence-corrected chi connectivity index (χ0v) is 11.9. The number of hydrogen-bond acceptors (Lipinski definition) is 5. The first-order valence-electron chi connectivity index (χ1n) is 6.23. The standard InChI is InChI=1S/C14H14N2O3S/c1-10(8-15)19-14(18)6-7-16-11-4-2-3-5-12(11)20-9-13(16)17/h2-5,10H,6-7,9H2,1H3/t10-/m1/s1. The Morgan fingerprint density at radius 1 is 1.55 bits per heavy atom. The van der Waals surface area contributed by atoms with Crippen molar-refractivity contribution in [2.45, 2.75) is 24.3 Å². The summed E-state index contributed by atoms with van der Waals surface area (Å²) in [7, 11) is 0. The van der Waals surface area contributed by atoms with E-state index in [2.05, 4.69) is 0 Å². The lowest BCUT2D eigenvalue weighted by Gasteiger charge is -2.28. The van der Waals surface area contributed by atoms with Crippen LogP contribution in [0.2, 0.25) is 0 Å². The number of ether oxygens (including phenoxy) is 1. The third kappa shape index (κ3) is 3.31. The van der Waals surface area contributed by atoms with Crippen molar-refractivity contribution in [1.29, 1.82) is 5.26 Å². The van der Waals surface area contributed by atoms with E-state index in [1.165, 1.54) is 18.7 Å². The summed E-state index contributed by atoms with van der Waals surface area (Å²) in [5, 5.41) is 8.58. The van der Waals surface area contributed by atoms with Gasteiger partial charge in [0.2, 0.25) is 5.91 Å². The maximum Gasteiger partial charge on any atom is 0.308 e. The van der Waals surface area contributed by atoms with Crippen LogP contribution >= 0.6 is 11.8 Å². The number of rotatable bonds is 4. The first-order valence-corrected chi connectivity index (χ1v) is 7.21. The van der Waals surface area contributed by atoms with Crippen LogP contribution in [-0.4, -0.2) is 30.3 Å². The molecule has 0 saturated heterocycles. The van der Waals surface area contributed by atoms with E-state index in [0.29, 0.717) is 5.75 Å². The molecule has 0 saturated carbocycles. The Balaban J connectivity index is 2.01. The molecule has 104 valence electrons. The van der Waals surface area contributed by atoms with Gasteiger partial charge in [0.15, 0.2) is 6.10 Å². The molecule has 1 atom stereocenters. The van der Waals surface area contributed by atoms with E-state index in [1.807, 2.05) is 30.3 Å². The van der Waals surface area contributed by atoms with Crippen molar-refractivity contribution in [3.63, 3.8) is 0 Å². The summed E-state index contributed by atoms with van der Waals surface area (Å²) < 4.78 is 4.87. The lowest BCUT2D eigenvalue weighted by atomic mass is 10.2. The van der Waals surface area contributed by atoms with E-state index in [0.717, 1.165) is 10.6 Å². The molecule has 1 aromatic carbocycles. The first kappa shape index (κ1) is 14.4. The highest BCUT2D eigenvalue weighted by Gasteiger charge is 2.25. The van der Waals surface area contributed by atoms with Gasteiger partial charge in [-0.1, -0.05) is 12.1 Å². The number of para-hydroxylation sites is 1. The number of anilines is 1. The molecule has 1 amide bonds. The van der Waals surface area contributed by atoms with Gasteiger partial charge in [-0.2, -0.15) is 5.26 Å². The molecule has 0 unspecified atom stereocenters. The number of nitrogens with zero attached hydrogens (tertiary/aromatic N) is 2. The van der Waals surface area contributed by atoms with E-state index in [1.54, 1.807) is 4.90 Å². The second-order valence-electron chi connectivity index (χ2n) is 4.31. The predicted molar refractivity (Wildman–Crippen MR) is 75.3 cm³/mol. The van der Waals surface area contributed by atoms with Gasteiger partial charge in [0, 0.05) is 11.4 Å². The monoisotopic (exact) mass is 290 g/mol. The number of amides is 1. The van der Waals surface area contributed by atoms with Gasteiger partial charge in [-0.05, 0) is 19.1 Å². The second-order valence-corrected chi connectivity index (χ2v) is 5.33. The Morgan fingerprint density at radius 2 is 2.30 bits per heavy atom. The maximum atomic E-state index is 11.9. The highest BCUT2D eigenvalue weighted by atomic mass is 32.2. The smallest absolute Gasteiger partial charge is 0.308 e. The topological polar surface area (TPSA) is 70.4 Å². The Bertz CT molecular complexity index is 568. The summed E-state index contributed by atoms with van der Waals surface area (Å²) in [6, 6.07) is 9.43. The Hall–Kier alpha value is -2.00. The van der Waals surface area contributed by atoms with Crippen molar-refractivity contribution in [3.05, 3.63) is 24.3 Å². The van der Waals surface area contributed by atoms with Crippen molar-refractivity contribution >= 4 is 29.3 Å². The average Bonchev–Trinajstić information content (AvgIpc) is 2.46. The molecular weight excluding hydrogens is 276 g/mol. The zero-order chi connectivity index (χ0) is 14.5. The molecule has 6 heteroatoms. The molecule has 2 rings (SSSR count). The van der Waals surface area contributed by atoms with Gasteiger partial charge >= 0.3 is 5.97 Å². The Labute approximate surface area is 121 Å². The molecule has 0 radical (unpaired) electrons. The highest BCUT2D eigenvalue weighted by Crippen LogP contribution is 2.34. The molecular formula is C14H14N2O3S. The normalized spacial score (nSPS) is 15.2. The molecule has 0 bridgehead atoms. The van der Waals surface area contributed by atoms with E-state index in [4.69, 9.17) is 10.00 Å². The van der Waals surface area contributed by atoms with Crippen LogP contribution < -0.4 is 4.90 Å². The molecule has 5 nitrogen and oxygen atoms in total. The minimum Gasteiger partial charge on any atom is -0.447 e. The van der Waals surface area contributed by atoms with Gasteiger partial charge in [0.25, 0.3) is 0 Å². The van der Waals surface area contributed by atoms with Crippen molar-refractivity contribution in [2.75, 3.05) is 17.2 Å². The van der Waals surface area contributed by atoms with Crippen LogP contribution in [0.1, 0.15) is 13.3 Å².